The lowest BCUT2D eigenvalue weighted by molar-refractivity contribution is -0.156. The first-order valence-electron chi connectivity index (χ1n) is 7.86. The molecule has 2 aliphatic heterocycles. The van der Waals surface area contributed by atoms with Crippen molar-refractivity contribution in [2.75, 3.05) is 11.9 Å². The number of esters is 1. The Kier molecular flexibility index (Phi) is 4.81. The van der Waals surface area contributed by atoms with Gasteiger partial charge in [-0.05, 0) is 20.8 Å². The van der Waals surface area contributed by atoms with Gasteiger partial charge in [0.05, 0.1) is 18.1 Å². The van der Waals surface area contributed by atoms with Crippen LogP contribution in [0.3, 0.4) is 0 Å². The quantitative estimate of drug-likeness (QED) is 0.710. The lowest BCUT2D eigenvalue weighted by atomic mass is 10.2. The standard InChI is InChI=1S/C15H19N7O3S/c1-15(2,3)25-9(23)6-22-13-11(10(21-22)12(16)24)20-14(26-13)19-8-4-17-7-18-5-8/h4-5,7,11,13H,6H2,1-3H3,(H2,16,24)(H,19,20). The number of carbonyl (C=O) groups excluding carboxylic acids is 2. The second-order valence-corrected chi connectivity index (χ2v) is 7.78. The molecule has 3 rings (SSSR count). The maximum absolute atomic E-state index is 12.1. The van der Waals surface area contributed by atoms with E-state index in [9.17, 15) is 9.59 Å². The van der Waals surface area contributed by atoms with Crippen molar-refractivity contribution in [3.63, 3.8) is 0 Å². The van der Waals surface area contributed by atoms with Crippen molar-refractivity contribution in [2.45, 2.75) is 37.8 Å². The molecule has 0 fully saturated rings. The maximum Gasteiger partial charge on any atom is 0.327 e. The van der Waals surface area contributed by atoms with Gasteiger partial charge in [-0.15, -0.1) is 0 Å². The van der Waals surface area contributed by atoms with Gasteiger partial charge < -0.3 is 15.8 Å². The molecule has 0 spiro atoms. The Morgan fingerprint density at radius 3 is 2.65 bits per heavy atom. The van der Waals surface area contributed by atoms with E-state index in [1.807, 2.05) is 0 Å². The van der Waals surface area contributed by atoms with Crippen LogP contribution in [-0.4, -0.2) is 61.3 Å². The van der Waals surface area contributed by atoms with Crippen LogP contribution in [0, 0.1) is 0 Å². The molecule has 0 aliphatic carbocycles. The number of rotatable bonds is 4. The molecule has 2 aliphatic rings. The summed E-state index contributed by atoms with van der Waals surface area (Å²) in [7, 11) is 0. The monoisotopic (exact) mass is 377 g/mol. The number of ether oxygens (including phenoxy) is 1. The lowest BCUT2D eigenvalue weighted by Gasteiger charge is -2.24. The van der Waals surface area contributed by atoms with Crippen LogP contribution in [0.25, 0.3) is 0 Å². The van der Waals surface area contributed by atoms with Crippen LogP contribution >= 0.6 is 11.8 Å². The van der Waals surface area contributed by atoms with Crippen LogP contribution in [0.2, 0.25) is 0 Å². The fourth-order valence-corrected chi connectivity index (χ4v) is 3.59. The SMILES string of the molecule is CC(C)(C)OC(=O)CN1N=C(C(N)=O)C2N=C(Nc3cncnc3)SC21. The number of amides is 1. The summed E-state index contributed by atoms with van der Waals surface area (Å²) in [5.74, 6) is -1.11. The number of amidine groups is 1. The highest BCUT2D eigenvalue weighted by atomic mass is 32.2. The third kappa shape index (κ3) is 4.10. The Labute approximate surface area is 154 Å². The molecule has 1 aromatic heterocycles. The summed E-state index contributed by atoms with van der Waals surface area (Å²) >= 11 is 1.34. The summed E-state index contributed by atoms with van der Waals surface area (Å²) in [4.78, 5) is 36.1. The third-order valence-corrected chi connectivity index (χ3v) is 4.52. The normalized spacial score (nSPS) is 21.7. The van der Waals surface area contributed by atoms with Gasteiger partial charge in [0, 0.05) is 0 Å². The minimum Gasteiger partial charge on any atom is -0.459 e. The summed E-state index contributed by atoms with van der Waals surface area (Å²) < 4.78 is 5.32. The van der Waals surface area contributed by atoms with Crippen molar-refractivity contribution in [2.24, 2.45) is 15.8 Å². The Bertz CT molecular complexity index is 775. The van der Waals surface area contributed by atoms with E-state index in [-0.39, 0.29) is 17.6 Å². The Balaban J connectivity index is 1.73. The van der Waals surface area contributed by atoms with Gasteiger partial charge in [-0.25, -0.2) is 15.0 Å². The average molecular weight is 377 g/mol. The number of thioether (sulfide) groups is 1. The number of nitrogens with zero attached hydrogens (tertiary/aromatic N) is 5. The highest BCUT2D eigenvalue weighted by molar-refractivity contribution is 8.15. The van der Waals surface area contributed by atoms with Gasteiger partial charge in [0.25, 0.3) is 5.91 Å². The first-order valence-corrected chi connectivity index (χ1v) is 8.74. The lowest BCUT2D eigenvalue weighted by Crippen LogP contribution is -2.38. The number of nitrogens with one attached hydrogen (secondary N) is 1. The van der Waals surface area contributed by atoms with Crippen LogP contribution in [0.15, 0.2) is 28.8 Å². The molecule has 3 heterocycles. The first-order chi connectivity index (χ1) is 12.2. The molecule has 2 unspecified atom stereocenters. The van der Waals surface area contributed by atoms with Gasteiger partial charge >= 0.3 is 5.97 Å². The van der Waals surface area contributed by atoms with E-state index >= 15 is 0 Å². The third-order valence-electron chi connectivity index (χ3n) is 3.34. The van der Waals surface area contributed by atoms with E-state index < -0.39 is 23.5 Å². The molecule has 26 heavy (non-hydrogen) atoms. The highest BCUT2D eigenvalue weighted by Gasteiger charge is 2.46. The van der Waals surface area contributed by atoms with Crippen LogP contribution < -0.4 is 11.1 Å². The molecule has 1 amide bonds. The van der Waals surface area contributed by atoms with Crippen molar-refractivity contribution in [1.29, 1.82) is 0 Å². The number of aliphatic imine (C=N–C) groups is 1. The van der Waals surface area contributed by atoms with E-state index in [0.29, 0.717) is 10.9 Å². The molecule has 2 atom stereocenters. The molecule has 0 radical (unpaired) electrons. The fraction of sp³-hybridized carbons (Fsp3) is 0.467. The minimum atomic E-state index is -0.666. The number of aromatic nitrogens is 2. The van der Waals surface area contributed by atoms with Crippen LogP contribution in [0.4, 0.5) is 5.69 Å². The predicted molar refractivity (Wildman–Crippen MR) is 97.4 cm³/mol. The number of fused-ring (bicyclic) bond motifs is 1. The number of hydrogen-bond donors (Lipinski definition) is 2. The van der Waals surface area contributed by atoms with E-state index in [0.717, 1.165) is 0 Å². The average Bonchev–Trinajstić information content (AvgIpc) is 3.06. The second kappa shape index (κ2) is 6.90. The largest absolute Gasteiger partial charge is 0.459 e. The topological polar surface area (TPSA) is 135 Å². The Hall–Kier alpha value is -2.69. The molecule has 3 N–H and O–H groups in total. The van der Waals surface area contributed by atoms with Gasteiger partial charge in [-0.2, -0.15) is 5.10 Å². The molecule has 0 bridgehead atoms. The summed E-state index contributed by atoms with van der Waals surface area (Å²) in [6, 6.07) is -0.549. The van der Waals surface area contributed by atoms with Crippen molar-refractivity contribution in [3.8, 4) is 0 Å². The van der Waals surface area contributed by atoms with E-state index in [4.69, 9.17) is 10.5 Å². The molecule has 0 saturated carbocycles. The van der Waals surface area contributed by atoms with Gasteiger partial charge in [0.15, 0.2) is 10.9 Å². The Morgan fingerprint density at radius 1 is 1.35 bits per heavy atom. The fourth-order valence-electron chi connectivity index (χ4n) is 2.45. The zero-order chi connectivity index (χ0) is 18.9. The Morgan fingerprint density at radius 2 is 2.04 bits per heavy atom. The number of hydrazone groups is 1. The van der Waals surface area contributed by atoms with Crippen LogP contribution in [0.1, 0.15) is 20.8 Å². The van der Waals surface area contributed by atoms with Gasteiger partial charge in [0.2, 0.25) is 0 Å². The summed E-state index contributed by atoms with van der Waals surface area (Å²) in [5, 5.41) is 8.96. The predicted octanol–water partition coefficient (Wildman–Crippen LogP) is 0.185. The zero-order valence-corrected chi connectivity index (χ0v) is 15.4. The smallest absolute Gasteiger partial charge is 0.327 e. The van der Waals surface area contributed by atoms with Gasteiger partial charge in [0.1, 0.15) is 29.9 Å². The molecule has 10 nitrogen and oxygen atoms in total. The second-order valence-electron chi connectivity index (χ2n) is 6.67. The van der Waals surface area contributed by atoms with Gasteiger partial charge in [-0.1, -0.05) is 11.8 Å². The minimum absolute atomic E-state index is 0.0978. The van der Waals surface area contributed by atoms with E-state index in [2.05, 4.69) is 25.4 Å². The molecular formula is C15H19N7O3S. The van der Waals surface area contributed by atoms with Crippen molar-refractivity contribution < 1.29 is 14.3 Å². The summed E-state index contributed by atoms with van der Waals surface area (Å²) in [5.41, 5.74) is 5.59. The van der Waals surface area contributed by atoms with Crippen molar-refractivity contribution >= 4 is 40.2 Å². The van der Waals surface area contributed by atoms with E-state index in [1.54, 1.807) is 33.2 Å². The number of nitrogens with two attached hydrogens (primary N) is 1. The molecule has 138 valence electrons. The van der Waals surface area contributed by atoms with Crippen LogP contribution in [-0.2, 0) is 14.3 Å². The first kappa shape index (κ1) is 18.1. The van der Waals surface area contributed by atoms with Crippen LogP contribution in [0.5, 0.6) is 0 Å². The number of primary amides is 1. The highest BCUT2D eigenvalue weighted by Crippen LogP contribution is 2.35. The number of carbonyl (C=O) groups is 2. The zero-order valence-electron chi connectivity index (χ0n) is 14.5. The summed E-state index contributed by atoms with van der Waals surface area (Å²) in [6.45, 7) is 5.26. The molecule has 11 heteroatoms. The van der Waals surface area contributed by atoms with E-state index in [1.165, 1.54) is 23.1 Å². The summed E-state index contributed by atoms with van der Waals surface area (Å²) in [6.07, 6.45) is 4.63. The molecule has 1 aromatic rings. The number of hydrogen-bond acceptors (Lipinski definition) is 10. The number of anilines is 1. The van der Waals surface area contributed by atoms with Crippen molar-refractivity contribution in [3.05, 3.63) is 18.7 Å². The van der Waals surface area contributed by atoms with Crippen molar-refractivity contribution in [1.82, 2.24) is 15.0 Å². The molecule has 0 aromatic carbocycles. The molecule has 0 saturated heterocycles. The molecular weight excluding hydrogens is 358 g/mol. The maximum atomic E-state index is 12.1. The van der Waals surface area contributed by atoms with Gasteiger partial charge in [-0.3, -0.25) is 14.6 Å².